The van der Waals surface area contributed by atoms with E-state index in [1.54, 1.807) is 0 Å². The van der Waals surface area contributed by atoms with Crippen LogP contribution in [-0.2, 0) is 14.8 Å². The van der Waals surface area contributed by atoms with Crippen LogP contribution < -0.4 is 10.6 Å². The monoisotopic (exact) mass is 436 g/mol. The van der Waals surface area contributed by atoms with E-state index in [1.807, 2.05) is 0 Å². The Morgan fingerprint density at radius 3 is 2.60 bits per heavy atom. The third-order valence-corrected chi connectivity index (χ3v) is 7.72. The second-order valence-corrected chi connectivity index (χ2v) is 10.6. The number of carbonyl (C=O) groups excluding carboxylic acids is 2. The fourth-order valence-corrected chi connectivity index (χ4v) is 5.17. The summed E-state index contributed by atoms with van der Waals surface area (Å²) in [4.78, 5) is 27.1. The van der Waals surface area contributed by atoms with Crippen LogP contribution in [-0.4, -0.2) is 75.8 Å². The summed E-state index contributed by atoms with van der Waals surface area (Å²) in [6.07, 6.45) is 6.23. The first-order valence-corrected chi connectivity index (χ1v) is 12.0. The maximum atomic E-state index is 12.4. The van der Waals surface area contributed by atoms with Crippen LogP contribution in [0.2, 0.25) is 0 Å². The Morgan fingerprint density at radius 1 is 1.17 bits per heavy atom. The van der Waals surface area contributed by atoms with Gasteiger partial charge in [-0.3, -0.25) is 9.59 Å². The molecule has 2 aliphatic rings. The van der Waals surface area contributed by atoms with Crippen LogP contribution in [0.3, 0.4) is 0 Å². The normalized spacial score (nSPS) is 20.6. The first-order chi connectivity index (χ1) is 14.3. The van der Waals surface area contributed by atoms with E-state index in [0.29, 0.717) is 0 Å². The molecule has 0 aromatic heterocycles. The SMILES string of the molecule is CN(C)S(=O)(=O)c1cccc(C(=O)NCC(=O)NC2CCN(CC3CCCC3)C2)c1. The molecule has 2 amide bonds. The fourth-order valence-electron chi connectivity index (χ4n) is 4.22. The molecule has 1 atom stereocenters. The van der Waals surface area contributed by atoms with Crippen LogP contribution in [0.15, 0.2) is 29.2 Å². The smallest absolute Gasteiger partial charge is 0.251 e. The molecule has 1 saturated carbocycles. The summed E-state index contributed by atoms with van der Waals surface area (Å²) in [5.41, 5.74) is 0.203. The number of hydrogen-bond acceptors (Lipinski definition) is 5. The third-order valence-electron chi connectivity index (χ3n) is 5.91. The molecule has 1 heterocycles. The Labute approximate surface area is 179 Å². The number of hydrogen-bond donors (Lipinski definition) is 2. The van der Waals surface area contributed by atoms with E-state index >= 15 is 0 Å². The summed E-state index contributed by atoms with van der Waals surface area (Å²) in [7, 11) is -0.755. The highest BCUT2D eigenvalue weighted by molar-refractivity contribution is 7.89. The highest BCUT2D eigenvalue weighted by Gasteiger charge is 2.27. The lowest BCUT2D eigenvalue weighted by molar-refractivity contribution is -0.120. The quantitative estimate of drug-likeness (QED) is 0.635. The molecule has 0 radical (unpaired) electrons. The van der Waals surface area contributed by atoms with E-state index in [4.69, 9.17) is 0 Å². The molecule has 0 bridgehead atoms. The van der Waals surface area contributed by atoms with Crippen molar-refractivity contribution in [3.05, 3.63) is 29.8 Å². The zero-order valence-corrected chi connectivity index (χ0v) is 18.6. The highest BCUT2D eigenvalue weighted by atomic mass is 32.2. The number of carbonyl (C=O) groups is 2. The number of benzene rings is 1. The van der Waals surface area contributed by atoms with Crippen molar-refractivity contribution in [3.63, 3.8) is 0 Å². The van der Waals surface area contributed by atoms with Gasteiger partial charge in [0.05, 0.1) is 11.4 Å². The Bertz CT molecular complexity index is 866. The lowest BCUT2D eigenvalue weighted by Crippen LogP contribution is -2.43. The Morgan fingerprint density at radius 2 is 1.90 bits per heavy atom. The van der Waals surface area contributed by atoms with Gasteiger partial charge in [-0.1, -0.05) is 18.9 Å². The third kappa shape index (κ3) is 5.80. The van der Waals surface area contributed by atoms with Gasteiger partial charge in [0, 0.05) is 45.3 Å². The summed E-state index contributed by atoms with van der Waals surface area (Å²) in [5, 5.41) is 5.57. The van der Waals surface area contributed by atoms with Crippen LogP contribution in [0.1, 0.15) is 42.5 Å². The van der Waals surface area contributed by atoms with E-state index in [9.17, 15) is 18.0 Å². The van der Waals surface area contributed by atoms with Crippen LogP contribution in [0.25, 0.3) is 0 Å². The molecule has 1 saturated heterocycles. The molecule has 166 valence electrons. The lowest BCUT2D eigenvalue weighted by atomic mass is 10.1. The molecule has 1 aromatic rings. The van der Waals surface area contributed by atoms with Crippen LogP contribution in [0.4, 0.5) is 0 Å². The minimum atomic E-state index is -3.62. The van der Waals surface area contributed by atoms with Gasteiger partial charge in [0.25, 0.3) is 5.91 Å². The summed E-state index contributed by atoms with van der Waals surface area (Å²) in [5.74, 6) is 0.0918. The molecule has 30 heavy (non-hydrogen) atoms. The number of likely N-dealkylation sites (tertiary alicyclic amines) is 1. The van der Waals surface area contributed by atoms with Gasteiger partial charge in [-0.05, 0) is 43.4 Å². The highest BCUT2D eigenvalue weighted by Crippen LogP contribution is 2.26. The van der Waals surface area contributed by atoms with E-state index in [-0.39, 0.29) is 29.0 Å². The Balaban J connectivity index is 1.45. The molecule has 1 unspecified atom stereocenters. The molecule has 2 fully saturated rings. The van der Waals surface area contributed by atoms with Gasteiger partial charge >= 0.3 is 0 Å². The first-order valence-electron chi connectivity index (χ1n) is 10.6. The predicted octanol–water partition coefficient (Wildman–Crippen LogP) is 1.05. The van der Waals surface area contributed by atoms with Crippen molar-refractivity contribution < 1.29 is 18.0 Å². The van der Waals surface area contributed by atoms with Crippen molar-refractivity contribution in [1.29, 1.82) is 0 Å². The van der Waals surface area contributed by atoms with Gasteiger partial charge < -0.3 is 15.5 Å². The van der Waals surface area contributed by atoms with Gasteiger partial charge in [-0.15, -0.1) is 0 Å². The van der Waals surface area contributed by atoms with E-state index in [1.165, 1.54) is 64.0 Å². The van der Waals surface area contributed by atoms with E-state index in [0.717, 1.165) is 36.3 Å². The lowest BCUT2D eigenvalue weighted by Gasteiger charge is -2.20. The van der Waals surface area contributed by atoms with Crippen LogP contribution >= 0.6 is 0 Å². The average molecular weight is 437 g/mol. The van der Waals surface area contributed by atoms with Gasteiger partial charge in [-0.2, -0.15) is 0 Å². The van der Waals surface area contributed by atoms with Crippen molar-refractivity contribution in [2.24, 2.45) is 5.92 Å². The molecule has 0 spiro atoms. The van der Waals surface area contributed by atoms with Gasteiger partial charge in [0.15, 0.2) is 0 Å². The number of sulfonamides is 1. The minimum absolute atomic E-state index is 0.0397. The second-order valence-electron chi connectivity index (χ2n) is 8.46. The molecule has 1 aliphatic heterocycles. The number of amides is 2. The number of nitrogens with zero attached hydrogens (tertiary/aromatic N) is 2. The van der Waals surface area contributed by atoms with Gasteiger partial charge in [0.1, 0.15) is 0 Å². The van der Waals surface area contributed by atoms with Crippen LogP contribution in [0, 0.1) is 5.92 Å². The van der Waals surface area contributed by atoms with Crippen molar-refractivity contribution in [3.8, 4) is 0 Å². The number of rotatable bonds is 8. The molecule has 8 nitrogen and oxygen atoms in total. The first kappa shape index (κ1) is 22.7. The number of nitrogens with one attached hydrogen (secondary N) is 2. The summed E-state index contributed by atoms with van der Waals surface area (Å²) < 4.78 is 25.5. The van der Waals surface area contributed by atoms with E-state index in [2.05, 4.69) is 15.5 Å². The van der Waals surface area contributed by atoms with Crippen LogP contribution in [0.5, 0.6) is 0 Å². The standard InChI is InChI=1S/C21H32N4O4S/c1-24(2)30(28,29)19-9-5-8-17(12-19)21(27)22-13-20(26)23-18-10-11-25(15-18)14-16-6-3-4-7-16/h5,8-9,12,16,18H,3-4,6-7,10-11,13-15H2,1-2H3,(H,22,27)(H,23,26). The van der Waals surface area contributed by atoms with E-state index < -0.39 is 15.9 Å². The van der Waals surface area contributed by atoms with Crippen molar-refractivity contribution >= 4 is 21.8 Å². The fraction of sp³-hybridized carbons (Fsp3) is 0.619. The molecule has 1 aromatic carbocycles. The topological polar surface area (TPSA) is 98.8 Å². The van der Waals surface area contributed by atoms with Crippen molar-refractivity contribution in [2.45, 2.75) is 43.0 Å². The summed E-state index contributed by atoms with van der Waals surface area (Å²) in [6.45, 7) is 2.85. The largest absolute Gasteiger partial charge is 0.350 e. The zero-order chi connectivity index (χ0) is 21.7. The summed E-state index contributed by atoms with van der Waals surface area (Å²) >= 11 is 0. The molecular weight excluding hydrogens is 404 g/mol. The molecular formula is C21H32N4O4S. The van der Waals surface area contributed by atoms with Crippen molar-refractivity contribution in [2.75, 3.05) is 40.3 Å². The minimum Gasteiger partial charge on any atom is -0.350 e. The molecule has 9 heteroatoms. The average Bonchev–Trinajstić information content (AvgIpc) is 3.38. The summed E-state index contributed by atoms with van der Waals surface area (Å²) in [6, 6.07) is 5.92. The Kier molecular flexibility index (Phi) is 7.49. The maximum Gasteiger partial charge on any atom is 0.251 e. The van der Waals surface area contributed by atoms with Crippen molar-refractivity contribution in [1.82, 2.24) is 19.8 Å². The molecule has 1 aliphatic carbocycles. The van der Waals surface area contributed by atoms with Gasteiger partial charge in [0.2, 0.25) is 15.9 Å². The predicted molar refractivity (Wildman–Crippen MR) is 115 cm³/mol. The second kappa shape index (κ2) is 9.89. The zero-order valence-electron chi connectivity index (χ0n) is 17.8. The molecule has 3 rings (SSSR count). The Hall–Kier alpha value is -1.97. The molecule has 2 N–H and O–H groups in total. The maximum absolute atomic E-state index is 12.4. The van der Waals surface area contributed by atoms with Gasteiger partial charge in [-0.25, -0.2) is 12.7 Å².